The molecule has 6 nitrogen and oxygen atoms in total. The lowest BCUT2D eigenvalue weighted by Gasteiger charge is -2.15. The van der Waals surface area contributed by atoms with Crippen molar-refractivity contribution in [3.63, 3.8) is 0 Å². The first-order chi connectivity index (χ1) is 15.3. The van der Waals surface area contributed by atoms with Gasteiger partial charge in [0.05, 0.1) is 10.2 Å². The number of aromatic nitrogens is 3. The van der Waals surface area contributed by atoms with E-state index in [4.69, 9.17) is 9.97 Å². The standard InChI is InChI=1S/C24H26N6S/c1-16(17-5-3-2-4-6-17)14-27-21-13-18(7-11-26-21)23-29-20-9-12-31-22(20)24(30-23)28-19-8-10-25-15-19/h2-7,9,11-13,16,19,25H,8,10,14-15H2,1H3,(H,26,27)(H,28,29,30). The van der Waals surface area contributed by atoms with Crippen molar-refractivity contribution in [3.05, 3.63) is 65.7 Å². The van der Waals surface area contributed by atoms with Crippen molar-refractivity contribution in [1.82, 2.24) is 20.3 Å². The van der Waals surface area contributed by atoms with Crippen LogP contribution in [0, 0.1) is 0 Å². The molecule has 2 unspecified atom stereocenters. The molecule has 0 radical (unpaired) electrons. The molecule has 1 aliphatic heterocycles. The average Bonchev–Trinajstić information content (AvgIpc) is 3.50. The maximum atomic E-state index is 4.90. The largest absolute Gasteiger partial charge is 0.369 e. The molecule has 4 heterocycles. The lowest BCUT2D eigenvalue weighted by molar-refractivity contribution is 0.789. The molecule has 0 amide bonds. The topological polar surface area (TPSA) is 74.8 Å². The number of nitrogens with one attached hydrogen (secondary N) is 3. The van der Waals surface area contributed by atoms with Gasteiger partial charge in [-0.1, -0.05) is 37.3 Å². The lowest BCUT2D eigenvalue weighted by atomic mass is 10.0. The van der Waals surface area contributed by atoms with Gasteiger partial charge in [-0.3, -0.25) is 0 Å². The molecule has 7 heteroatoms. The fourth-order valence-electron chi connectivity index (χ4n) is 3.89. The van der Waals surface area contributed by atoms with Crippen LogP contribution in [0.4, 0.5) is 11.6 Å². The van der Waals surface area contributed by atoms with E-state index in [9.17, 15) is 0 Å². The van der Waals surface area contributed by atoms with Gasteiger partial charge in [0, 0.05) is 30.9 Å². The highest BCUT2D eigenvalue weighted by Crippen LogP contribution is 2.30. The zero-order valence-corrected chi connectivity index (χ0v) is 18.3. The predicted molar refractivity (Wildman–Crippen MR) is 129 cm³/mol. The van der Waals surface area contributed by atoms with Crippen molar-refractivity contribution in [2.75, 3.05) is 30.3 Å². The van der Waals surface area contributed by atoms with Crippen molar-refractivity contribution in [1.29, 1.82) is 0 Å². The fraction of sp³-hybridized carbons (Fsp3) is 0.292. The summed E-state index contributed by atoms with van der Waals surface area (Å²) in [6, 6.07) is 17.0. The first-order valence-corrected chi connectivity index (χ1v) is 11.6. The molecule has 1 aromatic carbocycles. The fourth-order valence-corrected chi connectivity index (χ4v) is 4.67. The highest BCUT2D eigenvalue weighted by Gasteiger charge is 2.18. The van der Waals surface area contributed by atoms with Crippen molar-refractivity contribution in [2.45, 2.75) is 25.3 Å². The number of anilines is 2. The molecule has 1 fully saturated rings. The minimum atomic E-state index is 0.390. The molecule has 2 atom stereocenters. The van der Waals surface area contributed by atoms with Crippen molar-refractivity contribution >= 4 is 33.2 Å². The molecule has 31 heavy (non-hydrogen) atoms. The second-order valence-corrected chi connectivity index (χ2v) is 8.90. The molecular weight excluding hydrogens is 404 g/mol. The van der Waals surface area contributed by atoms with Gasteiger partial charge in [0.1, 0.15) is 11.6 Å². The summed E-state index contributed by atoms with van der Waals surface area (Å²) in [6.45, 7) is 5.04. The molecule has 0 bridgehead atoms. The number of fused-ring (bicyclic) bond motifs is 1. The Hall–Kier alpha value is -3.03. The van der Waals surface area contributed by atoms with Gasteiger partial charge in [0.2, 0.25) is 0 Å². The molecule has 0 aliphatic carbocycles. The molecule has 3 aromatic heterocycles. The van der Waals surface area contributed by atoms with Crippen LogP contribution in [-0.4, -0.2) is 40.6 Å². The highest BCUT2D eigenvalue weighted by atomic mass is 32.1. The monoisotopic (exact) mass is 430 g/mol. The molecule has 4 aromatic rings. The average molecular weight is 431 g/mol. The molecule has 5 rings (SSSR count). The van der Waals surface area contributed by atoms with Crippen LogP contribution in [0.25, 0.3) is 21.6 Å². The van der Waals surface area contributed by atoms with Gasteiger partial charge in [0.15, 0.2) is 5.82 Å². The summed E-state index contributed by atoms with van der Waals surface area (Å²) in [5.74, 6) is 2.87. The Balaban J connectivity index is 1.37. The van der Waals surface area contributed by atoms with Crippen LogP contribution >= 0.6 is 11.3 Å². The molecular formula is C24H26N6S. The number of thiophene rings is 1. The second-order valence-electron chi connectivity index (χ2n) is 7.99. The molecule has 0 spiro atoms. The minimum absolute atomic E-state index is 0.390. The maximum absolute atomic E-state index is 4.90. The Morgan fingerprint density at radius 3 is 2.90 bits per heavy atom. The van der Waals surface area contributed by atoms with E-state index in [2.05, 4.69) is 63.6 Å². The summed E-state index contributed by atoms with van der Waals surface area (Å²) < 4.78 is 1.11. The SMILES string of the molecule is CC(CNc1cc(-c2nc(NC3CCNC3)c3sccc3n2)ccn1)c1ccccc1. The Morgan fingerprint density at radius 1 is 1.16 bits per heavy atom. The first-order valence-electron chi connectivity index (χ1n) is 10.7. The molecule has 1 saturated heterocycles. The van der Waals surface area contributed by atoms with Gasteiger partial charge in [-0.15, -0.1) is 11.3 Å². The summed E-state index contributed by atoms with van der Waals surface area (Å²) in [4.78, 5) is 14.2. The third-order valence-electron chi connectivity index (χ3n) is 5.68. The zero-order chi connectivity index (χ0) is 21.0. The normalized spacial score (nSPS) is 17.0. The third-order valence-corrected chi connectivity index (χ3v) is 6.59. The van der Waals surface area contributed by atoms with Crippen LogP contribution in [0.2, 0.25) is 0 Å². The van der Waals surface area contributed by atoms with Gasteiger partial charge in [-0.05, 0) is 48.0 Å². The number of hydrogen-bond acceptors (Lipinski definition) is 7. The van der Waals surface area contributed by atoms with Crippen molar-refractivity contribution < 1.29 is 0 Å². The maximum Gasteiger partial charge on any atom is 0.162 e. The van der Waals surface area contributed by atoms with Crippen LogP contribution < -0.4 is 16.0 Å². The predicted octanol–water partition coefficient (Wildman–Crippen LogP) is 4.74. The van der Waals surface area contributed by atoms with E-state index >= 15 is 0 Å². The van der Waals surface area contributed by atoms with E-state index in [1.165, 1.54) is 5.56 Å². The Labute approximate surface area is 186 Å². The molecule has 3 N–H and O–H groups in total. The van der Waals surface area contributed by atoms with Gasteiger partial charge in [0.25, 0.3) is 0 Å². The number of nitrogens with zero attached hydrogens (tertiary/aromatic N) is 3. The smallest absolute Gasteiger partial charge is 0.162 e. The van der Waals surface area contributed by atoms with Crippen molar-refractivity contribution in [2.24, 2.45) is 0 Å². The highest BCUT2D eigenvalue weighted by molar-refractivity contribution is 7.17. The van der Waals surface area contributed by atoms with E-state index in [0.717, 1.165) is 59.3 Å². The first kappa shape index (κ1) is 19.9. The van der Waals surface area contributed by atoms with E-state index in [-0.39, 0.29) is 0 Å². The minimum Gasteiger partial charge on any atom is -0.369 e. The second kappa shape index (κ2) is 8.99. The molecule has 1 aliphatic rings. The summed E-state index contributed by atoms with van der Waals surface area (Å²) in [7, 11) is 0. The summed E-state index contributed by atoms with van der Waals surface area (Å²) in [5.41, 5.74) is 3.26. The number of rotatable bonds is 7. The molecule has 158 valence electrons. The third kappa shape index (κ3) is 4.52. The Morgan fingerprint density at radius 2 is 2.06 bits per heavy atom. The molecule has 0 saturated carbocycles. The van der Waals surface area contributed by atoms with E-state index < -0.39 is 0 Å². The number of benzene rings is 1. The van der Waals surface area contributed by atoms with Crippen LogP contribution in [0.5, 0.6) is 0 Å². The summed E-state index contributed by atoms with van der Waals surface area (Å²) in [5, 5.41) is 12.6. The van der Waals surface area contributed by atoms with Gasteiger partial charge in [-0.2, -0.15) is 0 Å². The Kier molecular flexibility index (Phi) is 5.78. The summed E-state index contributed by atoms with van der Waals surface area (Å²) in [6.07, 6.45) is 2.93. The van der Waals surface area contributed by atoms with E-state index in [1.807, 2.05) is 24.4 Å². The number of hydrogen-bond donors (Lipinski definition) is 3. The van der Waals surface area contributed by atoms with Crippen LogP contribution in [-0.2, 0) is 0 Å². The van der Waals surface area contributed by atoms with E-state index in [1.54, 1.807) is 11.3 Å². The zero-order valence-electron chi connectivity index (χ0n) is 17.5. The van der Waals surface area contributed by atoms with Crippen LogP contribution in [0.15, 0.2) is 60.1 Å². The van der Waals surface area contributed by atoms with Gasteiger partial charge >= 0.3 is 0 Å². The van der Waals surface area contributed by atoms with Crippen molar-refractivity contribution in [3.8, 4) is 11.4 Å². The van der Waals surface area contributed by atoms with Gasteiger partial charge < -0.3 is 16.0 Å². The van der Waals surface area contributed by atoms with Gasteiger partial charge in [-0.25, -0.2) is 15.0 Å². The Bertz CT molecular complexity index is 1150. The number of pyridine rings is 1. The van der Waals surface area contributed by atoms with E-state index in [0.29, 0.717) is 12.0 Å². The van der Waals surface area contributed by atoms with Crippen LogP contribution in [0.3, 0.4) is 0 Å². The lowest BCUT2D eigenvalue weighted by Crippen LogP contribution is -2.22. The quantitative estimate of drug-likeness (QED) is 0.393. The van der Waals surface area contributed by atoms with Crippen LogP contribution in [0.1, 0.15) is 24.8 Å². The summed E-state index contributed by atoms with van der Waals surface area (Å²) >= 11 is 1.68.